The van der Waals surface area contributed by atoms with Gasteiger partial charge in [-0.05, 0) is 29.8 Å². The Labute approximate surface area is 186 Å². The van der Waals surface area contributed by atoms with Gasteiger partial charge in [-0.2, -0.15) is 0 Å². The van der Waals surface area contributed by atoms with Crippen LogP contribution < -0.4 is 19.1 Å². The van der Waals surface area contributed by atoms with Gasteiger partial charge in [0, 0.05) is 5.41 Å². The van der Waals surface area contributed by atoms with Crippen molar-refractivity contribution in [3.8, 4) is 23.0 Å². The summed E-state index contributed by atoms with van der Waals surface area (Å²) in [5.41, 5.74) is -0.357. The highest BCUT2D eigenvalue weighted by atomic mass is 16.5. The van der Waals surface area contributed by atoms with Gasteiger partial charge in [0.05, 0.1) is 38.6 Å². The number of hydrogen-bond donors (Lipinski definition) is 2. The molecule has 0 aromatic heterocycles. The summed E-state index contributed by atoms with van der Waals surface area (Å²) in [6.07, 6.45) is 0. The van der Waals surface area contributed by atoms with Gasteiger partial charge in [0.25, 0.3) is 5.91 Å². The van der Waals surface area contributed by atoms with Gasteiger partial charge in [-0.25, -0.2) is 0 Å². The van der Waals surface area contributed by atoms with Crippen LogP contribution in [0.25, 0.3) is 0 Å². The summed E-state index contributed by atoms with van der Waals surface area (Å²) in [5.74, 6) is -1.05. The van der Waals surface area contributed by atoms with Crippen molar-refractivity contribution in [2.24, 2.45) is 5.41 Å². The summed E-state index contributed by atoms with van der Waals surface area (Å²) >= 11 is 0. The van der Waals surface area contributed by atoms with Crippen LogP contribution in [0.2, 0.25) is 0 Å². The molecule has 32 heavy (non-hydrogen) atoms. The number of amides is 1. The first-order chi connectivity index (χ1) is 15.1. The third kappa shape index (κ3) is 3.72. The molecule has 8 heteroatoms. The number of benzene rings is 2. The van der Waals surface area contributed by atoms with Crippen molar-refractivity contribution in [2.75, 3.05) is 26.2 Å². The van der Waals surface area contributed by atoms with Gasteiger partial charge in [0.2, 0.25) is 5.75 Å². The lowest BCUT2D eigenvalue weighted by Gasteiger charge is -2.30. The largest absolute Gasteiger partial charge is 0.506 e. The van der Waals surface area contributed by atoms with E-state index in [1.54, 1.807) is 45.0 Å². The van der Waals surface area contributed by atoms with E-state index in [9.17, 15) is 19.8 Å². The molecule has 0 aliphatic carbocycles. The van der Waals surface area contributed by atoms with Crippen LogP contribution in [0, 0.1) is 5.41 Å². The number of para-hydroxylation sites is 2. The second kappa shape index (κ2) is 8.45. The summed E-state index contributed by atoms with van der Waals surface area (Å²) in [6.45, 7) is 5.11. The molecule has 0 bridgehead atoms. The summed E-state index contributed by atoms with van der Waals surface area (Å²) in [5, 5.41) is 21.3. The molecule has 1 aliphatic heterocycles. The van der Waals surface area contributed by atoms with Gasteiger partial charge in [-0.1, -0.05) is 32.9 Å². The Morgan fingerprint density at radius 1 is 0.969 bits per heavy atom. The maximum atomic E-state index is 13.4. The molecular weight excluding hydrogens is 414 g/mol. The first-order valence-electron chi connectivity index (χ1n) is 9.96. The number of carbonyl (C=O) groups excluding carboxylic acids is 2. The summed E-state index contributed by atoms with van der Waals surface area (Å²) in [7, 11) is 4.38. The quantitative estimate of drug-likeness (QED) is 0.700. The normalized spacial score (nSPS) is 16.4. The molecule has 2 N–H and O–H groups in total. The number of rotatable bonds is 6. The molecule has 0 radical (unpaired) electrons. The smallest absolute Gasteiger partial charge is 0.294 e. The van der Waals surface area contributed by atoms with Crippen LogP contribution in [0.5, 0.6) is 23.0 Å². The molecule has 8 nitrogen and oxygen atoms in total. The van der Waals surface area contributed by atoms with E-state index in [1.165, 1.54) is 38.4 Å². The highest BCUT2D eigenvalue weighted by molar-refractivity contribution is 6.17. The van der Waals surface area contributed by atoms with Crippen molar-refractivity contribution in [2.45, 2.75) is 26.8 Å². The summed E-state index contributed by atoms with van der Waals surface area (Å²) in [4.78, 5) is 27.7. The minimum absolute atomic E-state index is 0.0694. The summed E-state index contributed by atoms with van der Waals surface area (Å²) < 4.78 is 16.3. The zero-order valence-corrected chi connectivity index (χ0v) is 18.9. The number of Topliss-reactive ketones (excluding diaryl/α,β-unsaturated/α-hetero) is 1. The van der Waals surface area contributed by atoms with Gasteiger partial charge in [0.1, 0.15) is 5.75 Å². The van der Waals surface area contributed by atoms with Crippen LogP contribution in [0.1, 0.15) is 32.4 Å². The van der Waals surface area contributed by atoms with Crippen LogP contribution in [0.4, 0.5) is 5.69 Å². The lowest BCUT2D eigenvalue weighted by Crippen LogP contribution is -2.33. The lowest BCUT2D eigenvalue weighted by molar-refractivity contribution is -0.123. The van der Waals surface area contributed by atoms with Gasteiger partial charge in [0.15, 0.2) is 23.0 Å². The van der Waals surface area contributed by atoms with E-state index < -0.39 is 28.9 Å². The maximum Gasteiger partial charge on any atom is 0.294 e. The number of phenolic OH excluding ortho intramolecular Hbond substituents is 1. The van der Waals surface area contributed by atoms with Crippen LogP contribution in [0.3, 0.4) is 0 Å². The zero-order valence-electron chi connectivity index (χ0n) is 18.9. The molecule has 0 spiro atoms. The Kier molecular flexibility index (Phi) is 6.07. The van der Waals surface area contributed by atoms with Crippen LogP contribution in [0.15, 0.2) is 47.7 Å². The predicted molar refractivity (Wildman–Crippen MR) is 119 cm³/mol. The van der Waals surface area contributed by atoms with E-state index in [1.807, 2.05) is 0 Å². The van der Waals surface area contributed by atoms with Crippen molar-refractivity contribution in [1.82, 2.24) is 0 Å². The fraction of sp³-hybridized carbons (Fsp3) is 0.333. The Balaban J connectivity index is 2.33. The maximum absolute atomic E-state index is 13.4. The molecule has 170 valence electrons. The number of aromatic hydroxyl groups is 1. The van der Waals surface area contributed by atoms with E-state index >= 15 is 0 Å². The number of aliphatic hydroxyl groups excluding tert-OH is 1. The Bertz CT molecular complexity index is 1070. The molecule has 2 aromatic rings. The average molecular weight is 441 g/mol. The number of hydrogen-bond acceptors (Lipinski definition) is 7. The summed E-state index contributed by atoms with van der Waals surface area (Å²) in [6, 6.07) is 8.42. The molecule has 1 amide bonds. The molecule has 0 fully saturated rings. The fourth-order valence-electron chi connectivity index (χ4n) is 3.73. The Hall–Kier alpha value is -3.68. The van der Waals surface area contributed by atoms with Gasteiger partial charge in [-0.15, -0.1) is 0 Å². The monoisotopic (exact) mass is 441 g/mol. The van der Waals surface area contributed by atoms with Gasteiger partial charge < -0.3 is 24.4 Å². The second-order valence-corrected chi connectivity index (χ2v) is 8.37. The zero-order chi connectivity index (χ0) is 23.8. The molecule has 1 aliphatic rings. The third-order valence-corrected chi connectivity index (χ3v) is 5.28. The molecular formula is C24H27NO7. The molecule has 1 heterocycles. The second-order valence-electron chi connectivity index (χ2n) is 8.37. The van der Waals surface area contributed by atoms with Crippen molar-refractivity contribution in [1.29, 1.82) is 0 Å². The minimum atomic E-state index is -1.03. The topological polar surface area (TPSA) is 106 Å². The van der Waals surface area contributed by atoms with Crippen molar-refractivity contribution >= 4 is 17.4 Å². The predicted octanol–water partition coefficient (Wildman–Crippen LogP) is 3.93. The highest BCUT2D eigenvalue weighted by Crippen LogP contribution is 2.48. The first kappa shape index (κ1) is 23.0. The molecule has 0 saturated heterocycles. The van der Waals surface area contributed by atoms with Gasteiger partial charge in [-0.3, -0.25) is 14.5 Å². The molecule has 1 unspecified atom stereocenters. The van der Waals surface area contributed by atoms with Crippen LogP contribution >= 0.6 is 0 Å². The van der Waals surface area contributed by atoms with Crippen molar-refractivity contribution < 1.29 is 34.0 Å². The standard InChI is InChI=1S/C24H27NO7/c1-24(2,3)22(28)18-19(13-11-16(30-4)21(32-6)17(12-13)31-5)25(23(29)20(18)27)14-9-7-8-10-15(14)26/h7-12,19,26-27H,1-6H3. The average Bonchev–Trinajstić information content (AvgIpc) is 3.02. The van der Waals surface area contributed by atoms with E-state index in [0.717, 1.165) is 0 Å². The van der Waals surface area contributed by atoms with E-state index in [2.05, 4.69) is 0 Å². The minimum Gasteiger partial charge on any atom is -0.506 e. The number of methoxy groups -OCH3 is 3. The fourth-order valence-corrected chi connectivity index (χ4v) is 3.73. The first-order valence-corrected chi connectivity index (χ1v) is 9.96. The SMILES string of the molecule is COc1cc(C2C(C(=O)C(C)(C)C)=C(O)C(=O)N2c2ccccc2O)cc(OC)c1OC. The molecule has 1 atom stereocenters. The number of nitrogens with zero attached hydrogens (tertiary/aromatic N) is 1. The number of ketones is 1. The van der Waals surface area contributed by atoms with Gasteiger partial charge >= 0.3 is 0 Å². The number of carbonyl (C=O) groups is 2. The van der Waals surface area contributed by atoms with Crippen LogP contribution in [-0.2, 0) is 9.59 Å². The van der Waals surface area contributed by atoms with E-state index in [-0.39, 0.29) is 17.0 Å². The molecule has 3 rings (SSSR count). The van der Waals surface area contributed by atoms with E-state index in [0.29, 0.717) is 22.8 Å². The van der Waals surface area contributed by atoms with E-state index in [4.69, 9.17) is 14.2 Å². The Morgan fingerprint density at radius 2 is 1.53 bits per heavy atom. The highest BCUT2D eigenvalue weighted by Gasteiger charge is 2.47. The lowest BCUT2D eigenvalue weighted by atomic mass is 9.82. The van der Waals surface area contributed by atoms with Crippen LogP contribution in [-0.4, -0.2) is 43.2 Å². The molecule has 0 saturated carbocycles. The van der Waals surface area contributed by atoms with Crippen molar-refractivity contribution in [3.63, 3.8) is 0 Å². The number of ether oxygens (including phenoxy) is 3. The third-order valence-electron chi connectivity index (χ3n) is 5.28. The Morgan fingerprint density at radius 3 is 2.00 bits per heavy atom. The number of phenols is 1. The molecule has 2 aromatic carbocycles. The van der Waals surface area contributed by atoms with Crippen molar-refractivity contribution in [3.05, 3.63) is 53.3 Å². The number of anilines is 1. The number of aliphatic hydroxyl groups is 1.